The molecular formula is C24H23Br2NO4. The van der Waals surface area contributed by atoms with Crippen LogP contribution >= 0.6 is 31.9 Å². The van der Waals surface area contributed by atoms with Gasteiger partial charge in [0.05, 0.1) is 42.0 Å². The number of ketones is 1. The zero-order valence-corrected chi connectivity index (χ0v) is 20.7. The van der Waals surface area contributed by atoms with Gasteiger partial charge in [0.15, 0.2) is 17.3 Å². The molecule has 162 valence electrons. The van der Waals surface area contributed by atoms with E-state index in [0.29, 0.717) is 23.8 Å². The highest BCUT2D eigenvalue weighted by Crippen LogP contribution is 2.46. The number of nitrogens with zero attached hydrogens (tertiary/aromatic N) is 1. The molecule has 0 spiro atoms. The second kappa shape index (κ2) is 9.09. The fourth-order valence-electron chi connectivity index (χ4n) is 4.15. The van der Waals surface area contributed by atoms with E-state index in [1.807, 2.05) is 30.3 Å². The lowest BCUT2D eigenvalue weighted by Crippen LogP contribution is -2.21. The van der Waals surface area contributed by atoms with Crippen molar-refractivity contribution in [1.82, 2.24) is 4.57 Å². The van der Waals surface area contributed by atoms with Gasteiger partial charge < -0.3 is 18.8 Å². The Balaban J connectivity index is 1.98. The molecule has 0 saturated carbocycles. The quantitative estimate of drug-likeness (QED) is 0.361. The SMILES string of the molecule is COc1cc(-c2c3c(c(Br)n2Cc2ccccc2)C(=O)C(Br)CC3)cc(OC)c1OC. The van der Waals surface area contributed by atoms with Gasteiger partial charge in [-0.25, -0.2) is 0 Å². The number of aromatic nitrogens is 1. The van der Waals surface area contributed by atoms with Crippen molar-refractivity contribution in [3.05, 3.63) is 63.8 Å². The van der Waals surface area contributed by atoms with Crippen LogP contribution in [0.25, 0.3) is 11.3 Å². The average molecular weight is 549 g/mol. The molecule has 7 heteroatoms. The predicted molar refractivity (Wildman–Crippen MR) is 128 cm³/mol. The van der Waals surface area contributed by atoms with Gasteiger partial charge in [-0.05, 0) is 52.0 Å². The summed E-state index contributed by atoms with van der Waals surface area (Å²) < 4.78 is 19.6. The summed E-state index contributed by atoms with van der Waals surface area (Å²) in [6, 6.07) is 14.1. The van der Waals surface area contributed by atoms with Crippen molar-refractivity contribution in [1.29, 1.82) is 0 Å². The Kier molecular flexibility index (Phi) is 6.44. The minimum absolute atomic E-state index is 0.105. The third-order valence-electron chi connectivity index (χ3n) is 5.60. The number of methoxy groups -OCH3 is 3. The van der Waals surface area contributed by atoms with Crippen molar-refractivity contribution in [2.45, 2.75) is 24.2 Å². The first-order valence-corrected chi connectivity index (χ1v) is 11.6. The minimum Gasteiger partial charge on any atom is -0.493 e. The van der Waals surface area contributed by atoms with Gasteiger partial charge in [-0.2, -0.15) is 0 Å². The highest BCUT2D eigenvalue weighted by Gasteiger charge is 2.34. The van der Waals surface area contributed by atoms with Crippen LogP contribution in [0.2, 0.25) is 0 Å². The molecule has 0 radical (unpaired) electrons. The molecule has 0 saturated heterocycles. The standard InChI is InChI=1S/C24H23Br2NO4/c1-29-18-11-15(12-19(30-2)23(18)31-3)21-16-9-10-17(25)22(28)20(16)24(26)27(21)13-14-7-5-4-6-8-14/h4-8,11-12,17H,9-10,13H2,1-3H3. The van der Waals surface area contributed by atoms with Crippen molar-refractivity contribution < 1.29 is 19.0 Å². The van der Waals surface area contributed by atoms with E-state index in [1.165, 1.54) is 0 Å². The van der Waals surface area contributed by atoms with E-state index in [2.05, 4.69) is 48.6 Å². The summed E-state index contributed by atoms with van der Waals surface area (Å²) in [7, 11) is 4.80. The number of fused-ring (bicyclic) bond motifs is 1. The van der Waals surface area contributed by atoms with Crippen LogP contribution in [0.3, 0.4) is 0 Å². The number of ether oxygens (including phenoxy) is 3. The van der Waals surface area contributed by atoms with Crippen molar-refractivity contribution in [3.8, 4) is 28.5 Å². The van der Waals surface area contributed by atoms with Crippen LogP contribution in [0.1, 0.15) is 27.9 Å². The van der Waals surface area contributed by atoms with Crippen LogP contribution in [0, 0.1) is 0 Å². The maximum absolute atomic E-state index is 13.1. The number of carbonyl (C=O) groups is 1. The van der Waals surface area contributed by atoms with E-state index in [0.717, 1.165) is 45.4 Å². The van der Waals surface area contributed by atoms with Gasteiger partial charge in [0, 0.05) is 12.1 Å². The maximum atomic E-state index is 13.1. The summed E-state index contributed by atoms with van der Waals surface area (Å²) in [5.74, 6) is 1.80. The molecule has 1 aliphatic carbocycles. The van der Waals surface area contributed by atoms with Gasteiger partial charge in [0.1, 0.15) is 0 Å². The average Bonchev–Trinajstić information content (AvgIpc) is 3.07. The summed E-state index contributed by atoms with van der Waals surface area (Å²) >= 11 is 7.29. The van der Waals surface area contributed by atoms with E-state index in [1.54, 1.807) is 21.3 Å². The Morgan fingerprint density at radius 3 is 2.26 bits per heavy atom. The van der Waals surface area contributed by atoms with E-state index < -0.39 is 0 Å². The van der Waals surface area contributed by atoms with Gasteiger partial charge in [-0.1, -0.05) is 46.3 Å². The maximum Gasteiger partial charge on any atom is 0.203 e. The molecule has 1 aromatic heterocycles. The number of hydrogen-bond acceptors (Lipinski definition) is 4. The molecule has 0 N–H and O–H groups in total. The fraction of sp³-hybridized carbons (Fsp3) is 0.292. The van der Waals surface area contributed by atoms with Crippen LogP contribution in [-0.2, 0) is 13.0 Å². The van der Waals surface area contributed by atoms with E-state index >= 15 is 0 Å². The van der Waals surface area contributed by atoms with Crippen LogP contribution in [-0.4, -0.2) is 36.5 Å². The zero-order valence-electron chi connectivity index (χ0n) is 17.6. The monoisotopic (exact) mass is 547 g/mol. The molecule has 1 aliphatic rings. The third kappa shape index (κ3) is 3.89. The van der Waals surface area contributed by atoms with E-state index in [4.69, 9.17) is 14.2 Å². The van der Waals surface area contributed by atoms with Crippen molar-refractivity contribution in [2.24, 2.45) is 0 Å². The van der Waals surface area contributed by atoms with E-state index in [9.17, 15) is 4.79 Å². The molecule has 3 aromatic rings. The molecule has 2 aromatic carbocycles. The molecular weight excluding hydrogens is 526 g/mol. The van der Waals surface area contributed by atoms with Gasteiger partial charge in [0.25, 0.3) is 0 Å². The molecule has 0 bridgehead atoms. The normalized spacial score (nSPS) is 15.5. The fourth-order valence-corrected chi connectivity index (χ4v) is 5.35. The third-order valence-corrected chi connectivity index (χ3v) is 7.30. The van der Waals surface area contributed by atoms with Crippen molar-refractivity contribution >= 4 is 37.6 Å². The first-order chi connectivity index (χ1) is 15.0. The van der Waals surface area contributed by atoms with Crippen LogP contribution < -0.4 is 14.2 Å². The molecule has 5 nitrogen and oxygen atoms in total. The van der Waals surface area contributed by atoms with Crippen LogP contribution in [0.15, 0.2) is 47.1 Å². The van der Waals surface area contributed by atoms with E-state index in [-0.39, 0.29) is 10.6 Å². The van der Waals surface area contributed by atoms with Crippen LogP contribution in [0.5, 0.6) is 17.2 Å². The Labute approximate surface area is 198 Å². The number of benzene rings is 2. The molecule has 0 amide bonds. The first kappa shape index (κ1) is 22.0. The van der Waals surface area contributed by atoms with Crippen molar-refractivity contribution in [3.63, 3.8) is 0 Å². The summed E-state index contributed by atoms with van der Waals surface area (Å²) in [4.78, 5) is 12.9. The Morgan fingerprint density at radius 2 is 1.68 bits per heavy atom. The second-order valence-electron chi connectivity index (χ2n) is 7.35. The lowest BCUT2D eigenvalue weighted by Gasteiger charge is -2.19. The summed E-state index contributed by atoms with van der Waals surface area (Å²) in [5.41, 5.74) is 4.82. The number of carbonyl (C=O) groups excluding carboxylic acids is 1. The molecule has 4 rings (SSSR count). The highest BCUT2D eigenvalue weighted by molar-refractivity contribution is 9.10. The lowest BCUT2D eigenvalue weighted by atomic mass is 9.90. The Morgan fingerprint density at radius 1 is 1.03 bits per heavy atom. The van der Waals surface area contributed by atoms with Crippen LogP contribution in [0.4, 0.5) is 0 Å². The molecule has 31 heavy (non-hydrogen) atoms. The van der Waals surface area contributed by atoms with Gasteiger partial charge >= 0.3 is 0 Å². The van der Waals surface area contributed by atoms with Gasteiger partial charge in [-0.15, -0.1) is 0 Å². The molecule has 0 fully saturated rings. The number of alkyl halides is 1. The Hall–Kier alpha value is -2.25. The number of halogens is 2. The van der Waals surface area contributed by atoms with Gasteiger partial charge in [0.2, 0.25) is 5.75 Å². The first-order valence-electron chi connectivity index (χ1n) is 9.93. The largest absolute Gasteiger partial charge is 0.493 e. The zero-order chi connectivity index (χ0) is 22.1. The molecule has 1 atom stereocenters. The topological polar surface area (TPSA) is 49.7 Å². The number of Topliss-reactive ketones (excluding diaryl/α,β-unsaturated/α-hetero) is 1. The summed E-state index contributed by atoms with van der Waals surface area (Å²) in [5, 5.41) is 0. The smallest absolute Gasteiger partial charge is 0.203 e. The lowest BCUT2D eigenvalue weighted by molar-refractivity contribution is 0.0981. The predicted octanol–water partition coefficient (Wildman–Crippen LogP) is 5.88. The molecule has 0 aliphatic heterocycles. The highest BCUT2D eigenvalue weighted by atomic mass is 79.9. The number of rotatable bonds is 6. The second-order valence-corrected chi connectivity index (χ2v) is 9.21. The molecule has 1 unspecified atom stereocenters. The Bertz CT molecular complexity index is 1100. The number of hydrogen-bond donors (Lipinski definition) is 0. The molecule has 1 heterocycles. The van der Waals surface area contributed by atoms with Crippen molar-refractivity contribution in [2.75, 3.05) is 21.3 Å². The minimum atomic E-state index is -0.170. The van der Waals surface area contributed by atoms with Gasteiger partial charge in [-0.3, -0.25) is 4.79 Å². The summed E-state index contributed by atoms with van der Waals surface area (Å²) in [6.07, 6.45) is 1.55. The summed E-state index contributed by atoms with van der Waals surface area (Å²) in [6.45, 7) is 0.626.